The molecule has 148 valence electrons. The quantitative estimate of drug-likeness (QED) is 0.683. The maximum Gasteiger partial charge on any atom is 0.271 e. The number of amides is 1. The van der Waals surface area contributed by atoms with Crippen LogP contribution in [0, 0.1) is 0 Å². The summed E-state index contributed by atoms with van der Waals surface area (Å²) in [5.41, 5.74) is 1.17. The number of carbonyl (C=O) groups is 1. The second kappa shape index (κ2) is 8.18. The third kappa shape index (κ3) is 3.99. The first-order valence-corrected chi connectivity index (χ1v) is 9.50. The monoisotopic (exact) mass is 390 g/mol. The molecule has 7 nitrogen and oxygen atoms in total. The van der Waals surface area contributed by atoms with Crippen LogP contribution >= 0.6 is 0 Å². The number of para-hydroxylation sites is 1. The molecule has 0 spiro atoms. The standard InChI is InChI=1S/C22H22N4O3/c1-29-19-9-5-6-17(16-19)22(28)25-14-12-24(13-15-25)20-10-11-21(27)26(23-20)18-7-3-2-4-8-18/h2-11,16H,12-15H2,1H3. The third-order valence-corrected chi connectivity index (χ3v) is 4.99. The normalized spacial score (nSPS) is 14.0. The van der Waals surface area contributed by atoms with E-state index >= 15 is 0 Å². The van der Waals surface area contributed by atoms with E-state index in [4.69, 9.17) is 4.74 Å². The highest BCUT2D eigenvalue weighted by atomic mass is 16.5. The van der Waals surface area contributed by atoms with Crippen molar-refractivity contribution in [2.24, 2.45) is 0 Å². The number of carbonyl (C=O) groups excluding carboxylic acids is 1. The van der Waals surface area contributed by atoms with Crippen molar-refractivity contribution in [2.75, 3.05) is 38.2 Å². The number of hydrogen-bond donors (Lipinski definition) is 0. The molecule has 0 aliphatic carbocycles. The average Bonchev–Trinajstić information content (AvgIpc) is 2.79. The van der Waals surface area contributed by atoms with Crippen LogP contribution < -0.4 is 15.2 Å². The molecule has 0 unspecified atom stereocenters. The molecule has 0 N–H and O–H groups in total. The summed E-state index contributed by atoms with van der Waals surface area (Å²) in [6, 6.07) is 19.8. The van der Waals surface area contributed by atoms with Gasteiger partial charge in [0.25, 0.3) is 11.5 Å². The topological polar surface area (TPSA) is 67.7 Å². The Bertz CT molecular complexity index is 1060. The number of methoxy groups -OCH3 is 1. The lowest BCUT2D eigenvalue weighted by Gasteiger charge is -2.35. The summed E-state index contributed by atoms with van der Waals surface area (Å²) in [5.74, 6) is 1.38. The van der Waals surface area contributed by atoms with Crippen LogP contribution in [0.25, 0.3) is 5.69 Å². The average molecular weight is 390 g/mol. The minimum Gasteiger partial charge on any atom is -0.497 e. The first-order valence-electron chi connectivity index (χ1n) is 9.50. The molecule has 0 saturated carbocycles. The van der Waals surface area contributed by atoms with Crippen LogP contribution in [0.3, 0.4) is 0 Å². The molecular weight excluding hydrogens is 368 g/mol. The molecule has 2 heterocycles. The van der Waals surface area contributed by atoms with Gasteiger partial charge in [-0.1, -0.05) is 24.3 Å². The lowest BCUT2D eigenvalue weighted by Crippen LogP contribution is -2.49. The Balaban J connectivity index is 1.47. The SMILES string of the molecule is COc1cccc(C(=O)N2CCN(c3ccc(=O)n(-c4ccccc4)n3)CC2)c1. The third-order valence-electron chi connectivity index (χ3n) is 4.99. The van der Waals surface area contributed by atoms with Crippen LogP contribution in [0.5, 0.6) is 5.75 Å². The predicted molar refractivity (Wildman–Crippen MR) is 111 cm³/mol. The van der Waals surface area contributed by atoms with Gasteiger partial charge in [0, 0.05) is 37.8 Å². The van der Waals surface area contributed by atoms with E-state index in [1.54, 1.807) is 25.3 Å². The van der Waals surface area contributed by atoms with Crippen LogP contribution in [0.2, 0.25) is 0 Å². The molecule has 0 bridgehead atoms. The Morgan fingerprint density at radius 3 is 2.41 bits per heavy atom. The van der Waals surface area contributed by atoms with Crippen molar-refractivity contribution in [3.8, 4) is 11.4 Å². The Morgan fingerprint density at radius 1 is 0.931 bits per heavy atom. The summed E-state index contributed by atoms with van der Waals surface area (Å²) in [4.78, 5) is 28.9. The van der Waals surface area contributed by atoms with Crippen molar-refractivity contribution >= 4 is 11.7 Å². The lowest BCUT2D eigenvalue weighted by molar-refractivity contribution is 0.0746. The number of benzene rings is 2. The lowest BCUT2D eigenvalue weighted by atomic mass is 10.1. The number of nitrogens with zero attached hydrogens (tertiary/aromatic N) is 4. The van der Waals surface area contributed by atoms with E-state index in [0.29, 0.717) is 37.5 Å². The summed E-state index contributed by atoms with van der Waals surface area (Å²) >= 11 is 0. The smallest absolute Gasteiger partial charge is 0.271 e. The van der Waals surface area contributed by atoms with E-state index < -0.39 is 0 Å². The molecule has 7 heteroatoms. The van der Waals surface area contributed by atoms with Crippen molar-refractivity contribution in [3.63, 3.8) is 0 Å². The molecule has 1 saturated heterocycles. The van der Waals surface area contributed by atoms with Gasteiger partial charge in [0.05, 0.1) is 12.8 Å². The fraction of sp³-hybridized carbons (Fsp3) is 0.227. The summed E-state index contributed by atoms with van der Waals surface area (Å²) in [6.07, 6.45) is 0. The summed E-state index contributed by atoms with van der Waals surface area (Å²) in [6.45, 7) is 2.47. The molecule has 0 atom stereocenters. The summed E-state index contributed by atoms with van der Waals surface area (Å²) in [5, 5.41) is 4.53. The van der Waals surface area contributed by atoms with Gasteiger partial charge in [-0.05, 0) is 36.4 Å². The highest BCUT2D eigenvalue weighted by Crippen LogP contribution is 2.17. The summed E-state index contributed by atoms with van der Waals surface area (Å²) in [7, 11) is 1.59. The van der Waals surface area contributed by atoms with Crippen LogP contribution in [-0.4, -0.2) is 53.9 Å². The number of aromatic nitrogens is 2. The molecule has 0 radical (unpaired) electrons. The van der Waals surface area contributed by atoms with Crippen LogP contribution in [0.1, 0.15) is 10.4 Å². The minimum absolute atomic E-state index is 0.00855. The van der Waals surface area contributed by atoms with E-state index in [1.807, 2.05) is 47.4 Å². The van der Waals surface area contributed by atoms with E-state index in [9.17, 15) is 9.59 Å². The zero-order valence-electron chi connectivity index (χ0n) is 16.2. The van der Waals surface area contributed by atoms with E-state index in [0.717, 1.165) is 11.5 Å². The molecule has 1 amide bonds. The molecule has 29 heavy (non-hydrogen) atoms. The Labute approximate surface area is 168 Å². The molecule has 1 fully saturated rings. The van der Waals surface area contributed by atoms with Crippen molar-refractivity contribution in [1.82, 2.24) is 14.7 Å². The van der Waals surface area contributed by atoms with Gasteiger partial charge in [0.1, 0.15) is 11.6 Å². The fourth-order valence-corrected chi connectivity index (χ4v) is 3.40. The largest absolute Gasteiger partial charge is 0.497 e. The van der Waals surface area contributed by atoms with Gasteiger partial charge in [0.15, 0.2) is 0 Å². The Kier molecular flexibility index (Phi) is 5.29. The molecule has 1 aliphatic rings. The Hall–Kier alpha value is -3.61. The van der Waals surface area contributed by atoms with Gasteiger partial charge < -0.3 is 14.5 Å². The maximum absolute atomic E-state index is 12.8. The zero-order chi connectivity index (χ0) is 20.2. The predicted octanol–water partition coefficient (Wildman–Crippen LogP) is 2.20. The van der Waals surface area contributed by atoms with Gasteiger partial charge in [0.2, 0.25) is 0 Å². The minimum atomic E-state index is -0.174. The van der Waals surface area contributed by atoms with Crippen LogP contribution in [-0.2, 0) is 0 Å². The second-order valence-electron chi connectivity index (χ2n) is 6.79. The first-order chi connectivity index (χ1) is 14.2. The van der Waals surface area contributed by atoms with Gasteiger partial charge in [-0.2, -0.15) is 4.68 Å². The summed E-state index contributed by atoms with van der Waals surface area (Å²) < 4.78 is 6.62. The first kappa shape index (κ1) is 18.7. The molecular formula is C22H22N4O3. The fourth-order valence-electron chi connectivity index (χ4n) is 3.40. The molecule has 3 aromatic rings. The number of piperazine rings is 1. The number of ether oxygens (including phenoxy) is 1. The van der Waals surface area contributed by atoms with Crippen molar-refractivity contribution < 1.29 is 9.53 Å². The number of anilines is 1. The van der Waals surface area contributed by atoms with E-state index in [-0.39, 0.29) is 11.5 Å². The van der Waals surface area contributed by atoms with Crippen LogP contribution in [0.4, 0.5) is 5.82 Å². The maximum atomic E-state index is 12.8. The van der Waals surface area contributed by atoms with Gasteiger partial charge >= 0.3 is 0 Å². The van der Waals surface area contributed by atoms with Crippen molar-refractivity contribution in [1.29, 1.82) is 0 Å². The van der Waals surface area contributed by atoms with Crippen LogP contribution in [0.15, 0.2) is 71.5 Å². The highest BCUT2D eigenvalue weighted by molar-refractivity contribution is 5.94. The van der Waals surface area contributed by atoms with E-state index in [1.165, 1.54) is 10.7 Å². The Morgan fingerprint density at radius 2 is 1.69 bits per heavy atom. The van der Waals surface area contributed by atoms with Gasteiger partial charge in [-0.25, -0.2) is 0 Å². The van der Waals surface area contributed by atoms with Gasteiger partial charge in [-0.15, -0.1) is 5.10 Å². The van der Waals surface area contributed by atoms with E-state index in [2.05, 4.69) is 10.00 Å². The second-order valence-corrected chi connectivity index (χ2v) is 6.79. The van der Waals surface area contributed by atoms with Crippen molar-refractivity contribution in [2.45, 2.75) is 0 Å². The molecule has 4 rings (SSSR count). The molecule has 1 aromatic heterocycles. The zero-order valence-corrected chi connectivity index (χ0v) is 16.2. The van der Waals surface area contributed by atoms with Gasteiger partial charge in [-0.3, -0.25) is 9.59 Å². The molecule has 1 aliphatic heterocycles. The number of rotatable bonds is 4. The molecule has 2 aromatic carbocycles. The van der Waals surface area contributed by atoms with Crippen molar-refractivity contribution in [3.05, 3.63) is 82.6 Å². The highest BCUT2D eigenvalue weighted by Gasteiger charge is 2.23. The number of hydrogen-bond acceptors (Lipinski definition) is 5.